The number of thioether (sulfide) groups is 1. The van der Waals surface area contributed by atoms with E-state index in [1.165, 1.54) is 0 Å². The van der Waals surface area contributed by atoms with Crippen LogP contribution >= 0.6 is 11.8 Å². The molecule has 0 aliphatic heterocycles. The van der Waals surface area contributed by atoms with Gasteiger partial charge in [-0.3, -0.25) is 4.79 Å². The molecule has 1 unspecified atom stereocenters. The summed E-state index contributed by atoms with van der Waals surface area (Å²) in [4.78, 5) is 15.1. The third-order valence-corrected chi connectivity index (χ3v) is 4.06. The molecule has 3 nitrogen and oxygen atoms in total. The summed E-state index contributed by atoms with van der Waals surface area (Å²) in [5.41, 5.74) is 7.64. The highest BCUT2D eigenvalue weighted by atomic mass is 32.2. The van der Waals surface area contributed by atoms with Crippen LogP contribution in [0.3, 0.4) is 0 Å². The van der Waals surface area contributed by atoms with Crippen LogP contribution in [-0.4, -0.2) is 29.1 Å². The first-order valence-corrected chi connectivity index (χ1v) is 7.19. The van der Waals surface area contributed by atoms with Crippen molar-refractivity contribution in [1.29, 1.82) is 0 Å². The van der Waals surface area contributed by atoms with Crippen molar-refractivity contribution in [3.8, 4) is 0 Å². The summed E-state index contributed by atoms with van der Waals surface area (Å²) >= 11 is 1.59. The van der Waals surface area contributed by atoms with E-state index in [9.17, 15) is 4.79 Å². The zero-order valence-electron chi connectivity index (χ0n) is 11.6. The molecule has 0 spiro atoms. The maximum atomic E-state index is 12.1. The van der Waals surface area contributed by atoms with Crippen molar-refractivity contribution in [3.63, 3.8) is 0 Å². The monoisotopic (exact) mass is 266 g/mol. The van der Waals surface area contributed by atoms with Crippen molar-refractivity contribution in [2.24, 2.45) is 0 Å². The number of hydrogen-bond acceptors (Lipinski definition) is 3. The number of carbonyl (C=O) groups excluding carboxylic acids is 1. The highest BCUT2D eigenvalue weighted by molar-refractivity contribution is 8.00. The number of nitrogens with zero attached hydrogens (tertiary/aromatic N) is 1. The quantitative estimate of drug-likeness (QED) is 0.658. The Morgan fingerprint density at radius 3 is 2.50 bits per heavy atom. The van der Waals surface area contributed by atoms with Gasteiger partial charge in [-0.25, -0.2) is 0 Å². The van der Waals surface area contributed by atoms with Crippen LogP contribution in [-0.2, 0) is 4.79 Å². The Morgan fingerprint density at radius 1 is 1.39 bits per heavy atom. The van der Waals surface area contributed by atoms with Crippen molar-refractivity contribution in [2.75, 3.05) is 18.8 Å². The number of amides is 1. The third kappa shape index (κ3) is 3.67. The van der Waals surface area contributed by atoms with E-state index < -0.39 is 0 Å². The average Bonchev–Trinajstić information content (AvgIpc) is 2.35. The van der Waals surface area contributed by atoms with Gasteiger partial charge in [-0.05, 0) is 51.5 Å². The van der Waals surface area contributed by atoms with Crippen LogP contribution < -0.4 is 5.73 Å². The molecule has 0 heterocycles. The fraction of sp³-hybridized carbons (Fsp3) is 0.500. The van der Waals surface area contributed by atoms with Gasteiger partial charge in [0.1, 0.15) is 0 Å². The van der Waals surface area contributed by atoms with Crippen LogP contribution in [0.15, 0.2) is 23.1 Å². The van der Waals surface area contributed by atoms with Crippen molar-refractivity contribution in [1.82, 2.24) is 4.90 Å². The second kappa shape index (κ2) is 6.69. The van der Waals surface area contributed by atoms with Gasteiger partial charge in [0.2, 0.25) is 5.91 Å². The Balaban J connectivity index is 2.71. The van der Waals surface area contributed by atoms with Crippen LogP contribution in [0.2, 0.25) is 0 Å². The SMILES string of the molecule is CCN(CC)C(=O)C(C)Sc1ccc(N)c(C)c1. The molecule has 100 valence electrons. The van der Waals surface area contributed by atoms with E-state index >= 15 is 0 Å². The lowest BCUT2D eigenvalue weighted by molar-refractivity contribution is -0.129. The second-order valence-electron chi connectivity index (χ2n) is 4.29. The van der Waals surface area contributed by atoms with Gasteiger partial charge < -0.3 is 10.6 Å². The first kappa shape index (κ1) is 14.9. The third-order valence-electron chi connectivity index (χ3n) is 2.98. The number of rotatable bonds is 5. The number of nitrogens with two attached hydrogens (primary N) is 1. The van der Waals surface area contributed by atoms with Gasteiger partial charge in [0.15, 0.2) is 0 Å². The number of anilines is 1. The molecular formula is C14H22N2OS. The summed E-state index contributed by atoms with van der Waals surface area (Å²) in [5, 5.41) is -0.0621. The molecule has 1 aromatic rings. The van der Waals surface area contributed by atoms with Gasteiger partial charge in [0, 0.05) is 23.7 Å². The minimum atomic E-state index is -0.0621. The number of nitrogen functional groups attached to an aromatic ring is 1. The zero-order chi connectivity index (χ0) is 13.7. The standard InChI is InChI=1S/C14H22N2OS/c1-5-16(6-2)14(17)11(4)18-12-7-8-13(15)10(3)9-12/h7-9,11H,5-6,15H2,1-4H3. The fourth-order valence-corrected chi connectivity index (χ4v) is 2.82. The molecule has 1 amide bonds. The molecule has 1 aromatic carbocycles. The average molecular weight is 266 g/mol. The van der Waals surface area contributed by atoms with Crippen molar-refractivity contribution >= 4 is 23.4 Å². The fourth-order valence-electron chi connectivity index (χ4n) is 1.77. The largest absolute Gasteiger partial charge is 0.399 e. The Kier molecular flexibility index (Phi) is 5.54. The van der Waals surface area contributed by atoms with Gasteiger partial charge in [-0.15, -0.1) is 11.8 Å². The van der Waals surface area contributed by atoms with Gasteiger partial charge in [0.05, 0.1) is 5.25 Å². The highest BCUT2D eigenvalue weighted by Crippen LogP contribution is 2.27. The smallest absolute Gasteiger partial charge is 0.235 e. The van der Waals surface area contributed by atoms with E-state index in [2.05, 4.69) is 0 Å². The number of benzene rings is 1. The Morgan fingerprint density at radius 2 is 2.00 bits per heavy atom. The molecule has 0 aliphatic carbocycles. The normalized spacial score (nSPS) is 12.2. The Hall–Kier alpha value is -1.16. The molecule has 0 aromatic heterocycles. The van der Waals surface area contributed by atoms with E-state index in [-0.39, 0.29) is 11.2 Å². The predicted octanol–water partition coefficient (Wildman–Crippen LogP) is 2.93. The predicted molar refractivity (Wildman–Crippen MR) is 78.8 cm³/mol. The molecule has 1 rings (SSSR count). The lowest BCUT2D eigenvalue weighted by Crippen LogP contribution is -2.36. The van der Waals surface area contributed by atoms with Gasteiger partial charge in [-0.1, -0.05) is 0 Å². The minimum absolute atomic E-state index is 0.0621. The summed E-state index contributed by atoms with van der Waals surface area (Å²) in [6, 6.07) is 5.90. The number of carbonyl (C=O) groups is 1. The molecule has 0 saturated heterocycles. The zero-order valence-corrected chi connectivity index (χ0v) is 12.4. The first-order valence-electron chi connectivity index (χ1n) is 6.31. The summed E-state index contributed by atoms with van der Waals surface area (Å²) in [5.74, 6) is 0.194. The van der Waals surface area contributed by atoms with Gasteiger partial charge in [-0.2, -0.15) is 0 Å². The molecule has 0 radical (unpaired) electrons. The topological polar surface area (TPSA) is 46.3 Å². The lowest BCUT2D eigenvalue weighted by Gasteiger charge is -2.22. The molecule has 1 atom stereocenters. The molecular weight excluding hydrogens is 244 g/mol. The molecule has 2 N–H and O–H groups in total. The van der Waals surface area contributed by atoms with E-state index in [1.54, 1.807) is 11.8 Å². The summed E-state index contributed by atoms with van der Waals surface area (Å²) < 4.78 is 0. The Labute approximate surface area is 114 Å². The molecule has 0 fully saturated rings. The van der Waals surface area contributed by atoms with Crippen LogP contribution in [0, 0.1) is 6.92 Å². The molecule has 0 aliphatic rings. The van der Waals surface area contributed by atoms with E-state index in [1.807, 2.05) is 50.8 Å². The van der Waals surface area contributed by atoms with Gasteiger partial charge >= 0.3 is 0 Å². The van der Waals surface area contributed by atoms with E-state index in [4.69, 9.17) is 5.73 Å². The molecule has 4 heteroatoms. The van der Waals surface area contributed by atoms with Crippen LogP contribution in [0.1, 0.15) is 26.3 Å². The van der Waals surface area contributed by atoms with Crippen LogP contribution in [0.25, 0.3) is 0 Å². The maximum absolute atomic E-state index is 12.1. The Bertz CT molecular complexity index is 416. The number of aryl methyl sites for hydroxylation is 1. The van der Waals surface area contributed by atoms with Crippen molar-refractivity contribution < 1.29 is 4.79 Å². The van der Waals surface area contributed by atoms with Crippen LogP contribution in [0.4, 0.5) is 5.69 Å². The van der Waals surface area contributed by atoms with Gasteiger partial charge in [0.25, 0.3) is 0 Å². The molecule has 18 heavy (non-hydrogen) atoms. The summed E-state index contributed by atoms with van der Waals surface area (Å²) in [6.07, 6.45) is 0. The summed E-state index contributed by atoms with van der Waals surface area (Å²) in [7, 11) is 0. The van der Waals surface area contributed by atoms with E-state index in [0.717, 1.165) is 29.2 Å². The molecule has 0 bridgehead atoms. The van der Waals surface area contributed by atoms with Crippen molar-refractivity contribution in [3.05, 3.63) is 23.8 Å². The van der Waals surface area contributed by atoms with Crippen molar-refractivity contribution in [2.45, 2.75) is 37.8 Å². The summed E-state index contributed by atoms with van der Waals surface area (Å²) in [6.45, 7) is 9.48. The molecule has 0 saturated carbocycles. The lowest BCUT2D eigenvalue weighted by atomic mass is 10.2. The first-order chi connectivity index (χ1) is 8.49. The van der Waals surface area contributed by atoms with Crippen LogP contribution in [0.5, 0.6) is 0 Å². The van der Waals surface area contributed by atoms with E-state index in [0.29, 0.717) is 0 Å². The highest BCUT2D eigenvalue weighted by Gasteiger charge is 2.19. The number of hydrogen-bond donors (Lipinski definition) is 1. The minimum Gasteiger partial charge on any atom is -0.399 e. The maximum Gasteiger partial charge on any atom is 0.235 e. The second-order valence-corrected chi connectivity index (χ2v) is 5.70.